The third-order valence-electron chi connectivity index (χ3n) is 3.64. The van der Waals surface area contributed by atoms with E-state index >= 15 is 0 Å². The third-order valence-corrected chi connectivity index (χ3v) is 3.64. The van der Waals surface area contributed by atoms with Crippen molar-refractivity contribution < 1.29 is 14.3 Å². The van der Waals surface area contributed by atoms with Crippen LogP contribution in [0.15, 0.2) is 24.3 Å². The lowest BCUT2D eigenvalue weighted by Gasteiger charge is -2.37. The summed E-state index contributed by atoms with van der Waals surface area (Å²) in [5, 5.41) is 8.75. The summed E-state index contributed by atoms with van der Waals surface area (Å²) in [5.41, 5.74) is 0.965. The summed E-state index contributed by atoms with van der Waals surface area (Å²) < 4.78 is 13.2. The van der Waals surface area contributed by atoms with E-state index in [1.165, 1.54) is 6.07 Å². The van der Waals surface area contributed by atoms with Gasteiger partial charge in [-0.1, -0.05) is 12.1 Å². The van der Waals surface area contributed by atoms with E-state index in [-0.39, 0.29) is 18.4 Å². The van der Waals surface area contributed by atoms with Crippen molar-refractivity contribution in [3.63, 3.8) is 0 Å². The van der Waals surface area contributed by atoms with Crippen LogP contribution in [-0.4, -0.2) is 53.6 Å². The first kappa shape index (κ1) is 14.0. The number of piperazine rings is 1. The molecule has 2 rings (SSSR count). The van der Waals surface area contributed by atoms with E-state index in [4.69, 9.17) is 5.11 Å². The zero-order chi connectivity index (χ0) is 13.8. The van der Waals surface area contributed by atoms with Crippen LogP contribution < -0.4 is 0 Å². The van der Waals surface area contributed by atoms with Crippen molar-refractivity contribution in [2.24, 2.45) is 0 Å². The van der Waals surface area contributed by atoms with Gasteiger partial charge in [0.25, 0.3) is 0 Å². The number of carboxylic acids is 1. The summed E-state index contributed by atoms with van der Waals surface area (Å²) in [7, 11) is 0. The smallest absolute Gasteiger partial charge is 0.317 e. The highest BCUT2D eigenvalue weighted by atomic mass is 19.1. The number of aliphatic carboxylic acids is 1. The minimum absolute atomic E-state index is 0.0994. The predicted octanol–water partition coefficient (Wildman–Crippen LogP) is 1.59. The van der Waals surface area contributed by atoms with Gasteiger partial charge in [-0.05, 0) is 24.6 Å². The molecule has 0 amide bonds. The van der Waals surface area contributed by atoms with Crippen LogP contribution >= 0.6 is 0 Å². The Morgan fingerprint density at radius 3 is 2.63 bits per heavy atom. The Morgan fingerprint density at radius 1 is 1.37 bits per heavy atom. The number of nitrogens with zero attached hydrogens (tertiary/aromatic N) is 2. The van der Waals surface area contributed by atoms with E-state index in [9.17, 15) is 9.18 Å². The molecule has 1 heterocycles. The number of carboxylic acid groups (broad SMARTS) is 1. The Morgan fingerprint density at radius 2 is 2.05 bits per heavy atom. The molecule has 1 unspecified atom stereocenters. The Kier molecular flexibility index (Phi) is 4.50. The van der Waals surface area contributed by atoms with Crippen molar-refractivity contribution >= 4 is 5.97 Å². The highest BCUT2D eigenvalue weighted by Gasteiger charge is 2.23. The molecule has 19 heavy (non-hydrogen) atoms. The van der Waals surface area contributed by atoms with Gasteiger partial charge in [0.1, 0.15) is 5.82 Å². The van der Waals surface area contributed by atoms with Crippen molar-refractivity contribution in [2.75, 3.05) is 32.7 Å². The topological polar surface area (TPSA) is 43.8 Å². The fraction of sp³-hybridized carbons (Fsp3) is 0.500. The van der Waals surface area contributed by atoms with Crippen LogP contribution in [0, 0.1) is 5.82 Å². The highest BCUT2D eigenvalue weighted by molar-refractivity contribution is 5.69. The zero-order valence-corrected chi connectivity index (χ0v) is 11.1. The van der Waals surface area contributed by atoms with Gasteiger partial charge < -0.3 is 5.11 Å². The molecule has 0 aliphatic carbocycles. The van der Waals surface area contributed by atoms with Crippen LogP contribution in [0.3, 0.4) is 0 Å². The highest BCUT2D eigenvalue weighted by Crippen LogP contribution is 2.22. The van der Waals surface area contributed by atoms with Gasteiger partial charge in [0.05, 0.1) is 6.54 Å². The number of halogens is 1. The lowest BCUT2D eigenvalue weighted by Crippen LogP contribution is -2.48. The lowest BCUT2D eigenvalue weighted by molar-refractivity contribution is -0.138. The molecule has 0 radical (unpaired) electrons. The molecule has 5 heteroatoms. The van der Waals surface area contributed by atoms with Crippen molar-refractivity contribution in [1.29, 1.82) is 0 Å². The van der Waals surface area contributed by atoms with Gasteiger partial charge in [0.2, 0.25) is 0 Å². The number of carbonyl (C=O) groups is 1. The maximum absolute atomic E-state index is 13.2. The van der Waals surface area contributed by atoms with E-state index in [1.54, 1.807) is 12.1 Å². The lowest BCUT2D eigenvalue weighted by atomic mass is 10.1. The number of hydrogen-bond donors (Lipinski definition) is 1. The standard InChI is InChI=1S/C14H19FN2O2/c1-11(12-3-2-4-13(15)9-12)17-7-5-16(6-8-17)10-14(18)19/h2-4,9,11H,5-8,10H2,1H3,(H,18,19). The molecule has 1 aromatic rings. The van der Waals surface area contributed by atoms with E-state index in [0.29, 0.717) is 0 Å². The normalized spacial score (nSPS) is 19.3. The van der Waals surface area contributed by atoms with Gasteiger partial charge in [0, 0.05) is 32.2 Å². The van der Waals surface area contributed by atoms with Gasteiger partial charge in [0.15, 0.2) is 0 Å². The van der Waals surface area contributed by atoms with Crippen molar-refractivity contribution in [3.8, 4) is 0 Å². The molecule has 1 saturated heterocycles. The third kappa shape index (κ3) is 3.75. The average molecular weight is 266 g/mol. The van der Waals surface area contributed by atoms with E-state index in [1.807, 2.05) is 11.0 Å². The zero-order valence-electron chi connectivity index (χ0n) is 11.1. The SMILES string of the molecule is CC(c1cccc(F)c1)N1CCN(CC(=O)O)CC1. The monoisotopic (exact) mass is 266 g/mol. The molecule has 4 nitrogen and oxygen atoms in total. The van der Waals surface area contributed by atoms with Crippen LogP contribution in [0.25, 0.3) is 0 Å². The molecule has 0 bridgehead atoms. The molecule has 104 valence electrons. The van der Waals surface area contributed by atoms with Crippen LogP contribution in [0.5, 0.6) is 0 Å². The summed E-state index contributed by atoms with van der Waals surface area (Å²) in [6.07, 6.45) is 0. The average Bonchev–Trinajstić information content (AvgIpc) is 2.38. The molecule has 1 aromatic carbocycles. The number of hydrogen-bond acceptors (Lipinski definition) is 3. The molecule has 0 saturated carbocycles. The molecule has 0 aromatic heterocycles. The minimum atomic E-state index is -0.786. The second-order valence-corrected chi connectivity index (χ2v) is 4.94. The molecule has 1 atom stereocenters. The molecular weight excluding hydrogens is 247 g/mol. The van der Waals surface area contributed by atoms with Crippen LogP contribution in [0.2, 0.25) is 0 Å². The van der Waals surface area contributed by atoms with E-state index in [0.717, 1.165) is 31.7 Å². The second-order valence-electron chi connectivity index (χ2n) is 4.94. The van der Waals surface area contributed by atoms with E-state index < -0.39 is 5.97 Å². The van der Waals surface area contributed by atoms with Gasteiger partial charge in [-0.25, -0.2) is 4.39 Å². The van der Waals surface area contributed by atoms with Crippen molar-refractivity contribution in [3.05, 3.63) is 35.6 Å². The Balaban J connectivity index is 1.92. The summed E-state index contributed by atoms with van der Waals surface area (Å²) in [4.78, 5) is 14.8. The van der Waals surface area contributed by atoms with Gasteiger partial charge in [-0.15, -0.1) is 0 Å². The summed E-state index contributed by atoms with van der Waals surface area (Å²) in [6, 6.07) is 6.82. The van der Waals surface area contributed by atoms with Crippen LogP contribution in [-0.2, 0) is 4.79 Å². The fourth-order valence-corrected chi connectivity index (χ4v) is 2.48. The van der Waals surface area contributed by atoms with Crippen molar-refractivity contribution in [2.45, 2.75) is 13.0 Å². The quantitative estimate of drug-likeness (QED) is 0.899. The summed E-state index contributed by atoms with van der Waals surface area (Å²) in [5.74, 6) is -1.000. The molecule has 1 aliphatic rings. The predicted molar refractivity (Wildman–Crippen MR) is 70.5 cm³/mol. The largest absolute Gasteiger partial charge is 0.480 e. The first-order valence-electron chi connectivity index (χ1n) is 6.50. The second kappa shape index (κ2) is 6.12. The van der Waals surface area contributed by atoms with Gasteiger partial charge in [-0.2, -0.15) is 0 Å². The molecule has 1 aliphatic heterocycles. The summed E-state index contributed by atoms with van der Waals surface area (Å²) in [6.45, 7) is 5.26. The van der Waals surface area contributed by atoms with Crippen LogP contribution in [0.1, 0.15) is 18.5 Å². The number of rotatable bonds is 4. The van der Waals surface area contributed by atoms with Gasteiger partial charge in [-0.3, -0.25) is 14.6 Å². The molecule has 1 fully saturated rings. The van der Waals surface area contributed by atoms with E-state index in [2.05, 4.69) is 11.8 Å². The first-order chi connectivity index (χ1) is 9.06. The Labute approximate surface area is 112 Å². The Hall–Kier alpha value is -1.46. The van der Waals surface area contributed by atoms with Crippen molar-refractivity contribution in [1.82, 2.24) is 9.80 Å². The fourth-order valence-electron chi connectivity index (χ4n) is 2.48. The Bertz CT molecular complexity index is 445. The summed E-state index contributed by atoms with van der Waals surface area (Å²) >= 11 is 0. The maximum Gasteiger partial charge on any atom is 0.317 e. The molecule has 1 N–H and O–H groups in total. The molecule has 0 spiro atoms. The maximum atomic E-state index is 13.2. The van der Waals surface area contributed by atoms with Gasteiger partial charge >= 0.3 is 5.97 Å². The minimum Gasteiger partial charge on any atom is -0.480 e. The number of benzene rings is 1. The molecular formula is C14H19FN2O2. The first-order valence-corrected chi connectivity index (χ1v) is 6.50. The van der Waals surface area contributed by atoms with Crippen LogP contribution in [0.4, 0.5) is 4.39 Å².